The van der Waals surface area contributed by atoms with Crippen LogP contribution in [0.4, 0.5) is 0 Å². The van der Waals surface area contributed by atoms with Gasteiger partial charge in [0.05, 0.1) is 13.2 Å². The summed E-state index contributed by atoms with van der Waals surface area (Å²) in [5.74, 6) is 1.91. The Kier molecular flexibility index (Phi) is 10.6. The highest BCUT2D eigenvalue weighted by Crippen LogP contribution is 2.36. The molecule has 0 aromatic heterocycles. The van der Waals surface area contributed by atoms with Crippen LogP contribution in [-0.2, 0) is 14.4 Å². The molecule has 1 unspecified atom stereocenters. The van der Waals surface area contributed by atoms with E-state index < -0.39 is 6.10 Å². The Bertz CT molecular complexity index is 866. The Morgan fingerprint density at radius 2 is 1.53 bits per heavy atom. The van der Waals surface area contributed by atoms with Crippen LogP contribution in [0.3, 0.4) is 0 Å². The average Bonchev–Trinajstić information content (AvgIpc) is 2.87. The zero-order chi connectivity index (χ0) is 24.2. The van der Waals surface area contributed by atoms with Crippen molar-refractivity contribution in [1.82, 2.24) is 0 Å². The molecule has 0 saturated heterocycles. The summed E-state index contributed by atoms with van der Waals surface area (Å²) in [6.07, 6.45) is 9.56. The smallest absolute Gasteiger partial charge is 0.330 e. The first kappa shape index (κ1) is 26.0. The van der Waals surface area contributed by atoms with E-state index in [1.165, 1.54) is 37.3 Å². The van der Waals surface area contributed by atoms with Crippen molar-refractivity contribution in [3.63, 3.8) is 0 Å². The van der Waals surface area contributed by atoms with E-state index in [4.69, 9.17) is 14.4 Å². The van der Waals surface area contributed by atoms with E-state index in [1.54, 1.807) is 0 Å². The second-order valence-electron chi connectivity index (χ2n) is 9.31. The number of benzene rings is 2. The van der Waals surface area contributed by atoms with Gasteiger partial charge in [-0.25, -0.2) is 9.68 Å². The Labute approximate surface area is 203 Å². The number of ether oxygens (including phenoxy) is 2. The summed E-state index contributed by atoms with van der Waals surface area (Å²) in [5, 5.41) is 9.59. The molecule has 0 amide bonds. The Balaban J connectivity index is 1.43. The van der Waals surface area contributed by atoms with Crippen LogP contribution in [0.15, 0.2) is 61.2 Å². The van der Waals surface area contributed by atoms with Crippen molar-refractivity contribution in [3.05, 3.63) is 77.9 Å². The molecule has 2 aromatic rings. The summed E-state index contributed by atoms with van der Waals surface area (Å²) < 4.78 is 10.8. The van der Waals surface area contributed by atoms with Gasteiger partial charge in [-0.3, -0.25) is 5.26 Å². The Hall–Kier alpha value is -2.63. The molecule has 0 spiro atoms. The lowest BCUT2D eigenvalue weighted by atomic mass is 9.79. The molecule has 2 aromatic carbocycles. The summed E-state index contributed by atoms with van der Waals surface area (Å²) in [6, 6.07) is 16.2. The Morgan fingerprint density at radius 3 is 2.12 bits per heavy atom. The molecule has 0 heterocycles. The maximum Gasteiger partial charge on any atom is 0.330 e. The highest BCUT2D eigenvalue weighted by molar-refractivity contribution is 5.81. The number of unbranched alkanes of at least 4 members (excludes halogenated alkanes) is 3. The van der Waals surface area contributed by atoms with Crippen molar-refractivity contribution in [1.29, 1.82) is 0 Å². The fraction of sp³-hybridized carbons (Fsp3) is 0.483. The van der Waals surface area contributed by atoms with Crippen LogP contribution in [0.2, 0.25) is 0 Å². The lowest BCUT2D eigenvalue weighted by Gasteiger charge is -2.26. The average molecular weight is 467 g/mol. The van der Waals surface area contributed by atoms with Crippen LogP contribution in [-0.4, -0.2) is 24.4 Å². The number of hydrogen-bond donors (Lipinski definition) is 1. The molecule has 5 heteroatoms. The number of carbonyl (C=O) groups is 1. The minimum absolute atomic E-state index is 0.369. The molecule has 3 rings (SSSR count). The molecule has 5 nitrogen and oxygen atoms in total. The van der Waals surface area contributed by atoms with Gasteiger partial charge in [-0.05, 0) is 79.2 Å². The van der Waals surface area contributed by atoms with Gasteiger partial charge in [-0.2, -0.15) is 0 Å². The van der Waals surface area contributed by atoms with E-state index in [2.05, 4.69) is 37.8 Å². The molecule has 1 aliphatic rings. The van der Waals surface area contributed by atoms with Gasteiger partial charge < -0.3 is 9.47 Å². The quantitative estimate of drug-likeness (QED) is 0.111. The van der Waals surface area contributed by atoms with E-state index in [9.17, 15) is 10.1 Å². The van der Waals surface area contributed by atoms with E-state index in [0.29, 0.717) is 19.1 Å². The highest BCUT2D eigenvalue weighted by Gasteiger charge is 2.21. The third-order valence-electron chi connectivity index (χ3n) is 6.73. The van der Waals surface area contributed by atoms with Crippen LogP contribution in [0, 0.1) is 5.92 Å². The van der Waals surface area contributed by atoms with Gasteiger partial charge in [-0.15, -0.1) is 0 Å². The number of rotatable bonds is 13. The van der Waals surface area contributed by atoms with Crippen molar-refractivity contribution >= 4 is 5.97 Å². The molecule has 1 N–H and O–H groups in total. The van der Waals surface area contributed by atoms with Gasteiger partial charge in [0.25, 0.3) is 0 Å². The number of esters is 1. The zero-order valence-electron chi connectivity index (χ0n) is 20.3. The third kappa shape index (κ3) is 8.00. The topological polar surface area (TPSA) is 65.0 Å². The fourth-order valence-corrected chi connectivity index (χ4v) is 4.57. The van der Waals surface area contributed by atoms with Crippen molar-refractivity contribution < 1.29 is 24.4 Å². The summed E-state index contributed by atoms with van der Waals surface area (Å²) in [7, 11) is 0. The van der Waals surface area contributed by atoms with Gasteiger partial charge in [0.2, 0.25) is 0 Å². The van der Waals surface area contributed by atoms with Crippen LogP contribution in [0.25, 0.3) is 0 Å². The van der Waals surface area contributed by atoms with E-state index in [0.717, 1.165) is 48.5 Å². The van der Waals surface area contributed by atoms with Crippen LogP contribution in [0.5, 0.6) is 5.75 Å². The molecule has 1 aliphatic carbocycles. The lowest BCUT2D eigenvalue weighted by molar-refractivity contribution is -0.270. The second-order valence-corrected chi connectivity index (χ2v) is 9.31. The molecular formula is C29H38O5. The minimum Gasteiger partial charge on any atom is -0.494 e. The molecular weight excluding hydrogens is 428 g/mol. The van der Waals surface area contributed by atoms with Crippen molar-refractivity contribution in [2.45, 2.75) is 70.3 Å². The standard InChI is InChI=1S/C29H38O5/c1-3-28(30)33-21-7-5-4-6-20-32-27-18-16-26(17-19-27)29(34-31)25-14-12-24(13-15-25)23-10-8-22(2)9-11-23/h3,12-19,22-23,29,31H,1,4-11,20-21H2,2H3. The molecule has 0 radical (unpaired) electrons. The maximum atomic E-state index is 11.0. The monoisotopic (exact) mass is 466 g/mol. The van der Waals surface area contributed by atoms with Gasteiger partial charge in [0.15, 0.2) is 0 Å². The van der Waals surface area contributed by atoms with Gasteiger partial charge in [0, 0.05) is 6.08 Å². The molecule has 1 fully saturated rings. The summed E-state index contributed by atoms with van der Waals surface area (Å²) in [5.41, 5.74) is 3.19. The molecule has 0 aliphatic heterocycles. The van der Waals surface area contributed by atoms with Crippen molar-refractivity contribution in [2.75, 3.05) is 13.2 Å². The number of hydrogen-bond acceptors (Lipinski definition) is 5. The van der Waals surface area contributed by atoms with E-state index >= 15 is 0 Å². The summed E-state index contributed by atoms with van der Waals surface area (Å²) in [6.45, 7) is 6.78. The molecule has 34 heavy (non-hydrogen) atoms. The van der Waals surface area contributed by atoms with Crippen LogP contribution >= 0.6 is 0 Å². The van der Waals surface area contributed by atoms with Gasteiger partial charge in [-0.1, -0.05) is 62.7 Å². The molecule has 1 atom stereocenters. The normalized spacial score (nSPS) is 18.8. The number of carbonyl (C=O) groups excluding carboxylic acids is 1. The summed E-state index contributed by atoms with van der Waals surface area (Å²) >= 11 is 0. The highest BCUT2D eigenvalue weighted by atomic mass is 17.1. The van der Waals surface area contributed by atoms with Crippen LogP contribution < -0.4 is 4.74 Å². The predicted octanol–water partition coefficient (Wildman–Crippen LogP) is 7.23. The lowest BCUT2D eigenvalue weighted by Crippen LogP contribution is -2.11. The summed E-state index contributed by atoms with van der Waals surface area (Å²) in [4.78, 5) is 15.8. The first-order valence-electron chi connectivity index (χ1n) is 12.5. The maximum absolute atomic E-state index is 11.0. The second kappa shape index (κ2) is 13.9. The first-order valence-corrected chi connectivity index (χ1v) is 12.5. The Morgan fingerprint density at radius 1 is 0.941 bits per heavy atom. The predicted molar refractivity (Wildman–Crippen MR) is 134 cm³/mol. The first-order chi connectivity index (χ1) is 16.6. The van der Waals surface area contributed by atoms with Gasteiger partial charge >= 0.3 is 5.97 Å². The molecule has 184 valence electrons. The van der Waals surface area contributed by atoms with Crippen molar-refractivity contribution in [2.24, 2.45) is 5.92 Å². The molecule has 1 saturated carbocycles. The van der Waals surface area contributed by atoms with Gasteiger partial charge in [0.1, 0.15) is 11.9 Å². The SMILES string of the molecule is C=CC(=O)OCCCCCCOc1ccc(C(OO)c2ccc(C3CCC(C)CC3)cc2)cc1. The zero-order valence-corrected chi connectivity index (χ0v) is 20.3. The molecule has 0 bridgehead atoms. The van der Waals surface area contributed by atoms with Crippen LogP contribution in [0.1, 0.15) is 87.0 Å². The van der Waals surface area contributed by atoms with Crippen molar-refractivity contribution in [3.8, 4) is 5.75 Å². The van der Waals surface area contributed by atoms with E-state index in [-0.39, 0.29) is 5.97 Å². The minimum atomic E-state index is -0.523. The van der Waals surface area contributed by atoms with E-state index in [1.807, 2.05) is 24.3 Å². The third-order valence-corrected chi connectivity index (χ3v) is 6.73. The fourth-order valence-electron chi connectivity index (χ4n) is 4.57. The largest absolute Gasteiger partial charge is 0.494 e.